The third-order valence-corrected chi connectivity index (χ3v) is 13.4. The van der Waals surface area contributed by atoms with Gasteiger partial charge in [0, 0.05) is 92.4 Å². The standard InChI is InChI=1S/C51H68N12O8/c52-47(68)41(24-35-28-58-38-16-8-7-15-37(35)38)62-48(69)34-19-21-56-45(66)18-17-39(60-46(67)23-32-12-5-2-6-13-32)49(70)63-42(27-36-29-55-30-59-36)50(71)61-40(22-31-10-3-1-4-11-31)44(65)25-33(43(64)26-34)14-9-20-57-51(53)54/h1,3-4,7-8,10-11,15-16,28-30,32-34,39-42,58H,2,5-6,9,12-14,17-27H2,(H2,52,68)(H,55,59)(H,56,66)(H,60,67)(H,61,71)(H,62,69)(H,63,70)(H4,53,54,57)/t33-,34-,39+,40-,41+,42+/m1/s1. The minimum atomic E-state index is -1.28. The van der Waals surface area contributed by atoms with Crippen molar-refractivity contribution in [2.75, 3.05) is 13.1 Å². The van der Waals surface area contributed by atoms with Crippen LogP contribution >= 0.6 is 0 Å². The average Bonchev–Trinajstić information content (AvgIpc) is 4.03. The third-order valence-electron chi connectivity index (χ3n) is 13.4. The molecule has 380 valence electrons. The zero-order chi connectivity index (χ0) is 50.7. The molecule has 20 nitrogen and oxygen atoms in total. The number of Topliss-reactive ketones (excluding diaryl/α,β-unsaturated/α-hetero) is 2. The van der Waals surface area contributed by atoms with E-state index in [0.717, 1.165) is 48.6 Å². The zero-order valence-electron chi connectivity index (χ0n) is 40.1. The van der Waals surface area contributed by atoms with E-state index in [1.807, 2.05) is 30.3 Å². The van der Waals surface area contributed by atoms with Crippen molar-refractivity contribution in [2.24, 2.45) is 39.9 Å². The highest BCUT2D eigenvalue weighted by atomic mass is 16.2. The summed E-state index contributed by atoms with van der Waals surface area (Å²) >= 11 is 0. The summed E-state index contributed by atoms with van der Waals surface area (Å²) in [4.78, 5) is 127. The molecule has 0 spiro atoms. The van der Waals surface area contributed by atoms with E-state index in [0.29, 0.717) is 11.3 Å². The molecule has 1 aliphatic heterocycles. The fraction of sp³-hybridized carbons (Fsp3) is 0.490. The Hall–Kier alpha value is -7.38. The van der Waals surface area contributed by atoms with Crippen LogP contribution in [-0.4, -0.2) is 105 Å². The van der Waals surface area contributed by atoms with Gasteiger partial charge in [-0.2, -0.15) is 0 Å². The van der Waals surface area contributed by atoms with Crippen molar-refractivity contribution in [3.05, 3.63) is 90.1 Å². The largest absolute Gasteiger partial charge is 0.370 e. The topological polar surface area (TPSA) is 332 Å². The summed E-state index contributed by atoms with van der Waals surface area (Å²) in [6.07, 6.45) is 9.03. The molecule has 6 rings (SSSR count). The summed E-state index contributed by atoms with van der Waals surface area (Å²) in [5.41, 5.74) is 19.8. The van der Waals surface area contributed by atoms with E-state index in [-0.39, 0.29) is 102 Å². The van der Waals surface area contributed by atoms with E-state index in [1.165, 1.54) is 12.5 Å². The number of benzene rings is 2. The Kier molecular flexibility index (Phi) is 19.8. The Morgan fingerprint density at radius 3 is 2.28 bits per heavy atom. The van der Waals surface area contributed by atoms with Crippen molar-refractivity contribution in [3.63, 3.8) is 0 Å². The molecule has 0 unspecified atom stereocenters. The van der Waals surface area contributed by atoms with Gasteiger partial charge in [-0.25, -0.2) is 4.98 Å². The second-order valence-electron chi connectivity index (χ2n) is 18.8. The molecule has 4 aromatic rings. The minimum Gasteiger partial charge on any atom is -0.370 e. The van der Waals surface area contributed by atoms with Crippen molar-refractivity contribution < 1.29 is 38.4 Å². The first kappa shape index (κ1) is 53.0. The van der Waals surface area contributed by atoms with Gasteiger partial charge < -0.3 is 53.8 Å². The van der Waals surface area contributed by atoms with Gasteiger partial charge in [0.1, 0.15) is 23.9 Å². The summed E-state index contributed by atoms with van der Waals surface area (Å²) < 4.78 is 0. The van der Waals surface area contributed by atoms with Gasteiger partial charge in [0.05, 0.1) is 12.4 Å². The number of fused-ring (bicyclic) bond motifs is 1. The van der Waals surface area contributed by atoms with Gasteiger partial charge in [-0.05, 0) is 68.1 Å². The molecular weight excluding hydrogens is 909 g/mol. The second-order valence-corrected chi connectivity index (χ2v) is 18.8. The number of amides is 6. The molecule has 2 fully saturated rings. The van der Waals surface area contributed by atoms with Gasteiger partial charge in [0.25, 0.3) is 0 Å². The molecule has 1 aliphatic carbocycles. The number of rotatable bonds is 16. The second kappa shape index (κ2) is 26.6. The maximum atomic E-state index is 14.7. The number of carbonyl (C=O) groups is 8. The molecule has 13 N–H and O–H groups in total. The summed E-state index contributed by atoms with van der Waals surface area (Å²) in [5, 5.41) is 14.9. The minimum absolute atomic E-state index is 0.0364. The first-order chi connectivity index (χ1) is 34.2. The van der Waals surface area contributed by atoms with Crippen molar-refractivity contribution in [1.29, 1.82) is 0 Å². The van der Waals surface area contributed by atoms with Crippen LogP contribution in [0.3, 0.4) is 0 Å². The third kappa shape index (κ3) is 16.6. The van der Waals surface area contributed by atoms with Crippen LogP contribution in [0, 0.1) is 17.8 Å². The number of ketones is 2. The van der Waals surface area contributed by atoms with Crippen LogP contribution in [0.2, 0.25) is 0 Å². The molecule has 1 saturated heterocycles. The Morgan fingerprint density at radius 1 is 0.803 bits per heavy atom. The van der Waals surface area contributed by atoms with Gasteiger partial charge >= 0.3 is 0 Å². The lowest BCUT2D eigenvalue weighted by atomic mass is 9.84. The van der Waals surface area contributed by atoms with E-state index in [4.69, 9.17) is 17.2 Å². The smallest absolute Gasteiger partial charge is 0.243 e. The Morgan fingerprint density at radius 2 is 1.55 bits per heavy atom. The van der Waals surface area contributed by atoms with Crippen molar-refractivity contribution >= 4 is 63.9 Å². The fourth-order valence-corrected chi connectivity index (χ4v) is 9.47. The predicted octanol–water partition coefficient (Wildman–Crippen LogP) is 1.82. The quantitative estimate of drug-likeness (QED) is 0.0439. The highest BCUT2D eigenvalue weighted by Crippen LogP contribution is 2.27. The number of primary amides is 1. The number of guanidine groups is 1. The molecule has 1 saturated carbocycles. The molecule has 2 aromatic heterocycles. The number of nitrogens with zero attached hydrogens (tertiary/aromatic N) is 2. The van der Waals surface area contributed by atoms with Crippen LogP contribution < -0.4 is 43.8 Å². The number of hydrogen-bond acceptors (Lipinski definition) is 10. The number of hydrogen-bond donors (Lipinski definition) is 10. The number of nitrogens with one attached hydrogen (secondary N) is 7. The highest BCUT2D eigenvalue weighted by molar-refractivity contribution is 5.97. The summed E-state index contributed by atoms with van der Waals surface area (Å²) in [6, 6.07) is 11.6. The Labute approximate surface area is 412 Å². The molecule has 0 bridgehead atoms. The van der Waals surface area contributed by atoms with Crippen molar-refractivity contribution in [3.8, 4) is 0 Å². The highest BCUT2D eigenvalue weighted by Gasteiger charge is 2.35. The van der Waals surface area contributed by atoms with Crippen LogP contribution in [0.5, 0.6) is 0 Å². The van der Waals surface area contributed by atoms with Crippen molar-refractivity contribution in [1.82, 2.24) is 41.5 Å². The molecule has 2 aromatic carbocycles. The van der Waals surface area contributed by atoms with Crippen molar-refractivity contribution in [2.45, 2.75) is 127 Å². The maximum Gasteiger partial charge on any atom is 0.243 e. The SMILES string of the molecule is NC(=O)[C@H](Cc1c[nH]c2ccccc12)NC(=O)[C@@H]1CCNC(=O)CC[C@H](NC(=O)CC2CCCCC2)C(=O)N[C@@H](Cc2cnc[nH]2)C(=O)N[C@H](Cc2ccccc2)C(=O)C[C@@H](CCCN=C(N)N)C(=O)C1. The fourth-order valence-electron chi connectivity index (χ4n) is 9.47. The lowest BCUT2D eigenvalue weighted by Gasteiger charge is -2.27. The van der Waals surface area contributed by atoms with Crippen LogP contribution in [0.1, 0.15) is 100 Å². The number of aromatic amines is 2. The predicted molar refractivity (Wildman–Crippen MR) is 266 cm³/mol. The van der Waals surface area contributed by atoms with E-state index < -0.39 is 77.1 Å². The Bertz CT molecular complexity index is 2480. The van der Waals surface area contributed by atoms with Crippen LogP contribution in [-0.2, 0) is 57.6 Å². The van der Waals surface area contributed by atoms with E-state index in [9.17, 15) is 38.4 Å². The van der Waals surface area contributed by atoms with E-state index >= 15 is 0 Å². The van der Waals surface area contributed by atoms with Crippen LogP contribution in [0.15, 0.2) is 78.3 Å². The zero-order valence-corrected chi connectivity index (χ0v) is 40.1. The van der Waals surface area contributed by atoms with Gasteiger partial charge in [-0.3, -0.25) is 43.3 Å². The normalized spacial score (nSPS) is 21.9. The van der Waals surface area contributed by atoms with Gasteiger partial charge in [-0.1, -0.05) is 67.8 Å². The molecule has 3 heterocycles. The summed E-state index contributed by atoms with van der Waals surface area (Å²) in [7, 11) is 0. The van der Waals surface area contributed by atoms with Crippen LogP contribution in [0.4, 0.5) is 0 Å². The molecule has 71 heavy (non-hydrogen) atoms. The first-order valence-corrected chi connectivity index (χ1v) is 24.7. The van der Waals surface area contributed by atoms with E-state index in [2.05, 4.69) is 46.5 Å². The number of imidazole rings is 1. The monoisotopic (exact) mass is 977 g/mol. The first-order valence-electron chi connectivity index (χ1n) is 24.7. The molecule has 20 heteroatoms. The number of nitrogens with two attached hydrogens (primary N) is 3. The molecule has 0 radical (unpaired) electrons. The molecule has 2 aliphatic rings. The number of aromatic nitrogens is 3. The number of aliphatic imine (C=N–C) groups is 1. The van der Waals surface area contributed by atoms with Crippen LogP contribution in [0.25, 0.3) is 10.9 Å². The number of H-pyrrole nitrogens is 2. The lowest BCUT2D eigenvalue weighted by molar-refractivity contribution is -0.135. The van der Waals surface area contributed by atoms with Gasteiger partial charge in [0.15, 0.2) is 11.7 Å². The van der Waals surface area contributed by atoms with Gasteiger partial charge in [-0.15, -0.1) is 0 Å². The lowest BCUT2D eigenvalue weighted by Crippen LogP contribution is -2.57. The molecular formula is C51H68N12O8. The number of carbonyl (C=O) groups excluding carboxylic acids is 8. The summed E-state index contributed by atoms with van der Waals surface area (Å²) in [6.45, 7) is 0.0578. The number of para-hydroxylation sites is 1. The maximum absolute atomic E-state index is 14.7. The van der Waals surface area contributed by atoms with Gasteiger partial charge in [0.2, 0.25) is 35.4 Å². The molecule has 6 amide bonds. The average molecular weight is 977 g/mol. The molecule has 6 atom stereocenters. The Balaban J connectivity index is 1.32. The summed E-state index contributed by atoms with van der Waals surface area (Å²) in [5.74, 6) is -6.76. The van der Waals surface area contributed by atoms with E-state index in [1.54, 1.807) is 30.5 Å².